The molecule has 2 aromatic carbocycles. The van der Waals surface area contributed by atoms with Crippen LogP contribution in [0.3, 0.4) is 0 Å². The summed E-state index contributed by atoms with van der Waals surface area (Å²) < 4.78 is 13.2. The van der Waals surface area contributed by atoms with Crippen LogP contribution in [0.1, 0.15) is 35.2 Å². The number of rotatable bonds is 3. The number of hydrogen-bond donors (Lipinski definition) is 1. The molecule has 0 amide bonds. The van der Waals surface area contributed by atoms with E-state index in [0.717, 1.165) is 0 Å². The van der Waals surface area contributed by atoms with E-state index in [1.807, 2.05) is 6.92 Å². The van der Waals surface area contributed by atoms with E-state index in [0.29, 0.717) is 5.69 Å². The fourth-order valence-corrected chi connectivity index (χ4v) is 2.99. The van der Waals surface area contributed by atoms with Gasteiger partial charge in [0.05, 0.1) is 15.7 Å². The summed E-state index contributed by atoms with van der Waals surface area (Å²) in [4.78, 5) is 0. The van der Waals surface area contributed by atoms with Crippen molar-refractivity contribution in [2.24, 2.45) is 0 Å². The maximum Gasteiger partial charge on any atom is 0.126 e. The van der Waals surface area contributed by atoms with Gasteiger partial charge in [0, 0.05) is 6.04 Å². The average Bonchev–Trinajstić information content (AvgIpc) is 2.37. The average molecular weight is 326 g/mol. The number of aryl methyl sites for hydroxylation is 3. The smallest absolute Gasteiger partial charge is 0.126 e. The highest BCUT2D eigenvalue weighted by atomic mass is 35.5. The van der Waals surface area contributed by atoms with Crippen LogP contribution in [0.5, 0.6) is 0 Å². The van der Waals surface area contributed by atoms with Gasteiger partial charge in [-0.1, -0.05) is 35.3 Å². The highest BCUT2D eigenvalue weighted by Gasteiger charge is 2.14. The monoisotopic (exact) mass is 325 g/mol. The summed E-state index contributed by atoms with van der Waals surface area (Å²) >= 11 is 12.2. The number of halogens is 3. The van der Waals surface area contributed by atoms with Crippen molar-refractivity contribution >= 4 is 28.9 Å². The van der Waals surface area contributed by atoms with E-state index in [4.69, 9.17) is 23.2 Å². The molecule has 4 heteroatoms. The van der Waals surface area contributed by atoms with Crippen LogP contribution in [0.25, 0.3) is 0 Å². The molecule has 0 aromatic heterocycles. The molecule has 1 N–H and O–H groups in total. The number of anilines is 1. The number of nitrogens with one attached hydrogen (secondary N) is 1. The molecular formula is C17H18Cl2FN. The Hall–Kier alpha value is -1.25. The first kappa shape index (κ1) is 16.1. The van der Waals surface area contributed by atoms with Crippen LogP contribution in [0.15, 0.2) is 24.3 Å². The second-order valence-electron chi connectivity index (χ2n) is 5.40. The summed E-state index contributed by atoms with van der Waals surface area (Å²) in [7, 11) is 0. The molecule has 0 saturated carbocycles. The highest BCUT2D eigenvalue weighted by molar-refractivity contribution is 6.39. The van der Waals surface area contributed by atoms with Gasteiger partial charge in [0.25, 0.3) is 0 Å². The molecule has 112 valence electrons. The molecule has 2 aromatic rings. The molecule has 0 saturated heterocycles. The van der Waals surface area contributed by atoms with Crippen molar-refractivity contribution in [2.45, 2.75) is 33.7 Å². The summed E-state index contributed by atoms with van der Waals surface area (Å²) in [6.07, 6.45) is 0. The zero-order valence-electron chi connectivity index (χ0n) is 12.5. The molecule has 0 radical (unpaired) electrons. The van der Waals surface area contributed by atoms with Crippen molar-refractivity contribution in [2.75, 3.05) is 5.32 Å². The van der Waals surface area contributed by atoms with Crippen LogP contribution in [0.4, 0.5) is 10.1 Å². The lowest BCUT2D eigenvalue weighted by atomic mass is 9.96. The van der Waals surface area contributed by atoms with Gasteiger partial charge in [-0.3, -0.25) is 0 Å². The fraction of sp³-hybridized carbons (Fsp3) is 0.294. The lowest BCUT2D eigenvalue weighted by Gasteiger charge is -2.21. The van der Waals surface area contributed by atoms with E-state index in [-0.39, 0.29) is 16.1 Å². The second-order valence-corrected chi connectivity index (χ2v) is 6.22. The normalized spacial score (nSPS) is 12.3. The Balaban J connectivity index is 2.35. The van der Waals surface area contributed by atoms with Crippen LogP contribution in [-0.2, 0) is 0 Å². The van der Waals surface area contributed by atoms with Gasteiger partial charge in [0.15, 0.2) is 0 Å². The van der Waals surface area contributed by atoms with Crippen molar-refractivity contribution < 1.29 is 4.39 Å². The maximum absolute atomic E-state index is 13.2. The van der Waals surface area contributed by atoms with E-state index in [1.54, 1.807) is 0 Å². The highest BCUT2D eigenvalue weighted by Crippen LogP contribution is 2.34. The Morgan fingerprint density at radius 2 is 1.43 bits per heavy atom. The van der Waals surface area contributed by atoms with E-state index >= 15 is 0 Å². The topological polar surface area (TPSA) is 12.0 Å². The van der Waals surface area contributed by atoms with Gasteiger partial charge in [-0.05, 0) is 62.1 Å². The van der Waals surface area contributed by atoms with Crippen molar-refractivity contribution in [3.8, 4) is 0 Å². The van der Waals surface area contributed by atoms with Gasteiger partial charge in [0.1, 0.15) is 5.82 Å². The Morgan fingerprint density at radius 3 is 2.00 bits per heavy atom. The number of hydrogen-bond acceptors (Lipinski definition) is 1. The molecule has 1 atom stereocenters. The third kappa shape index (κ3) is 3.50. The van der Waals surface area contributed by atoms with Gasteiger partial charge in [0.2, 0.25) is 0 Å². The minimum absolute atomic E-state index is 0.0183. The first-order valence-electron chi connectivity index (χ1n) is 6.78. The van der Waals surface area contributed by atoms with Gasteiger partial charge >= 0.3 is 0 Å². The largest absolute Gasteiger partial charge is 0.376 e. The molecule has 0 fully saturated rings. The number of benzene rings is 2. The van der Waals surface area contributed by atoms with Gasteiger partial charge < -0.3 is 5.32 Å². The van der Waals surface area contributed by atoms with Gasteiger partial charge in [-0.2, -0.15) is 0 Å². The minimum Gasteiger partial charge on any atom is -0.376 e. The third-order valence-corrected chi connectivity index (χ3v) is 4.31. The molecule has 1 unspecified atom stereocenters. The van der Waals surface area contributed by atoms with Crippen molar-refractivity contribution in [3.63, 3.8) is 0 Å². The minimum atomic E-state index is -0.439. The van der Waals surface area contributed by atoms with E-state index in [1.165, 1.54) is 34.4 Å². The van der Waals surface area contributed by atoms with E-state index in [2.05, 4.69) is 38.2 Å². The molecular weight excluding hydrogens is 308 g/mol. The first-order valence-corrected chi connectivity index (χ1v) is 7.54. The molecule has 2 rings (SSSR count). The summed E-state index contributed by atoms with van der Waals surface area (Å²) in [5, 5.41) is 3.85. The molecule has 0 aliphatic heterocycles. The first-order chi connectivity index (χ1) is 9.79. The van der Waals surface area contributed by atoms with Crippen LogP contribution >= 0.6 is 23.2 Å². The van der Waals surface area contributed by atoms with E-state index in [9.17, 15) is 4.39 Å². The summed E-state index contributed by atoms with van der Waals surface area (Å²) in [5.41, 5.74) is 5.44. The van der Waals surface area contributed by atoms with Crippen molar-refractivity contribution in [1.82, 2.24) is 0 Å². The molecule has 0 bridgehead atoms. The van der Waals surface area contributed by atoms with Crippen molar-refractivity contribution in [1.29, 1.82) is 0 Å². The SMILES string of the molecule is Cc1cc(C)c(C(C)Nc2c(Cl)cc(F)cc2Cl)cc1C. The zero-order chi connectivity index (χ0) is 15.7. The second kappa shape index (κ2) is 6.25. The molecule has 0 aliphatic carbocycles. The predicted molar refractivity (Wildman–Crippen MR) is 89.1 cm³/mol. The maximum atomic E-state index is 13.2. The molecule has 0 aliphatic rings. The summed E-state index contributed by atoms with van der Waals surface area (Å²) in [6, 6.07) is 6.86. The molecule has 21 heavy (non-hydrogen) atoms. The van der Waals surface area contributed by atoms with Gasteiger partial charge in [-0.25, -0.2) is 4.39 Å². The third-order valence-electron chi connectivity index (χ3n) is 3.72. The zero-order valence-corrected chi connectivity index (χ0v) is 14.0. The Bertz CT molecular complexity index is 660. The molecule has 1 nitrogen and oxygen atoms in total. The van der Waals surface area contributed by atoms with Crippen molar-refractivity contribution in [3.05, 3.63) is 62.4 Å². The van der Waals surface area contributed by atoms with Gasteiger partial charge in [-0.15, -0.1) is 0 Å². The fourth-order valence-electron chi connectivity index (χ4n) is 2.42. The van der Waals surface area contributed by atoms with Crippen LogP contribution < -0.4 is 5.32 Å². The Labute approximate surface area is 135 Å². The van der Waals surface area contributed by atoms with Crippen LogP contribution in [-0.4, -0.2) is 0 Å². The standard InChI is InChI=1S/C17H18Cl2FN/c1-9-5-11(3)14(6-10(9)2)12(4)21-17-15(18)7-13(20)8-16(17)19/h5-8,12,21H,1-4H3. The summed E-state index contributed by atoms with van der Waals surface area (Å²) in [5.74, 6) is -0.439. The predicted octanol–water partition coefficient (Wildman–Crippen LogP) is 6.23. The van der Waals surface area contributed by atoms with E-state index < -0.39 is 5.82 Å². The van der Waals surface area contributed by atoms with Crippen LogP contribution in [0.2, 0.25) is 10.0 Å². The summed E-state index contributed by atoms with van der Waals surface area (Å²) in [6.45, 7) is 8.29. The quantitative estimate of drug-likeness (QED) is 0.705. The Morgan fingerprint density at radius 1 is 0.905 bits per heavy atom. The Kier molecular flexibility index (Phi) is 4.80. The molecule has 0 spiro atoms. The lowest BCUT2D eigenvalue weighted by molar-refractivity contribution is 0.628. The lowest BCUT2D eigenvalue weighted by Crippen LogP contribution is -2.10. The molecule has 0 heterocycles. The van der Waals surface area contributed by atoms with Crippen LogP contribution in [0, 0.1) is 26.6 Å².